The lowest BCUT2D eigenvalue weighted by molar-refractivity contribution is -0.121. The highest BCUT2D eigenvalue weighted by Gasteiger charge is 2.22. The summed E-state index contributed by atoms with van der Waals surface area (Å²) in [7, 11) is 3.45. The highest BCUT2D eigenvalue weighted by Crippen LogP contribution is 2.21. The van der Waals surface area contributed by atoms with E-state index in [0.717, 1.165) is 50.5 Å². The van der Waals surface area contributed by atoms with Gasteiger partial charge < -0.3 is 20.7 Å². The molecule has 1 saturated carbocycles. The second-order valence-electron chi connectivity index (χ2n) is 6.83. The first-order valence-electron chi connectivity index (χ1n) is 9.50. The maximum Gasteiger partial charge on any atom is 0.220 e. The molecule has 6 nitrogen and oxygen atoms in total. The molecule has 0 heterocycles. The van der Waals surface area contributed by atoms with Crippen molar-refractivity contribution in [1.29, 1.82) is 0 Å². The van der Waals surface area contributed by atoms with Gasteiger partial charge in [-0.1, -0.05) is 19.1 Å². The third kappa shape index (κ3) is 9.30. The van der Waals surface area contributed by atoms with Crippen molar-refractivity contribution >= 4 is 35.8 Å². The summed E-state index contributed by atoms with van der Waals surface area (Å²) >= 11 is 0. The van der Waals surface area contributed by atoms with Gasteiger partial charge in [0.2, 0.25) is 5.91 Å². The molecule has 2 rings (SSSR count). The first-order chi connectivity index (χ1) is 12.6. The summed E-state index contributed by atoms with van der Waals surface area (Å²) in [5.74, 6) is 2.28. The summed E-state index contributed by atoms with van der Waals surface area (Å²) in [4.78, 5) is 15.9. The number of carbonyl (C=O) groups excluding carboxylic acids is 1. The van der Waals surface area contributed by atoms with E-state index >= 15 is 0 Å². The van der Waals surface area contributed by atoms with Gasteiger partial charge in [0.1, 0.15) is 5.75 Å². The van der Waals surface area contributed by atoms with Gasteiger partial charge in [-0.2, -0.15) is 0 Å². The lowest BCUT2D eigenvalue weighted by atomic mass is 9.98. The molecular formula is C20H33IN4O2. The minimum atomic E-state index is 0. The normalized spacial score (nSPS) is 14.7. The van der Waals surface area contributed by atoms with E-state index in [1.807, 2.05) is 12.1 Å². The predicted octanol–water partition coefficient (Wildman–Crippen LogP) is 3.03. The highest BCUT2D eigenvalue weighted by molar-refractivity contribution is 14.0. The average Bonchev–Trinajstić information content (AvgIpc) is 3.47. The highest BCUT2D eigenvalue weighted by atomic mass is 127. The molecule has 1 aromatic rings. The second kappa shape index (κ2) is 12.8. The summed E-state index contributed by atoms with van der Waals surface area (Å²) < 4.78 is 5.20. The van der Waals surface area contributed by atoms with Gasteiger partial charge in [0.25, 0.3) is 0 Å². The molecule has 0 bridgehead atoms. The topological polar surface area (TPSA) is 74.8 Å². The Morgan fingerprint density at radius 3 is 2.48 bits per heavy atom. The maximum atomic E-state index is 11.6. The van der Waals surface area contributed by atoms with E-state index in [1.54, 1.807) is 14.2 Å². The summed E-state index contributed by atoms with van der Waals surface area (Å²) in [5.41, 5.74) is 1.30. The number of hydrogen-bond acceptors (Lipinski definition) is 3. The van der Waals surface area contributed by atoms with Crippen molar-refractivity contribution in [2.24, 2.45) is 4.99 Å². The van der Waals surface area contributed by atoms with Crippen molar-refractivity contribution < 1.29 is 9.53 Å². The van der Waals surface area contributed by atoms with Crippen LogP contribution in [-0.4, -0.2) is 45.2 Å². The van der Waals surface area contributed by atoms with Crippen LogP contribution in [0.4, 0.5) is 0 Å². The molecule has 3 N–H and O–H groups in total. The number of methoxy groups -OCH3 is 1. The Labute approximate surface area is 179 Å². The number of ether oxygens (including phenoxy) is 1. The Bertz CT molecular complexity index is 588. The van der Waals surface area contributed by atoms with Gasteiger partial charge in [-0.05, 0) is 49.3 Å². The molecule has 1 unspecified atom stereocenters. The number of rotatable bonds is 10. The van der Waals surface area contributed by atoms with Crippen molar-refractivity contribution in [3.8, 4) is 5.75 Å². The molecule has 1 aliphatic rings. The molecule has 0 aromatic heterocycles. The van der Waals surface area contributed by atoms with Crippen LogP contribution in [0.25, 0.3) is 0 Å². The fourth-order valence-electron chi connectivity index (χ4n) is 2.71. The van der Waals surface area contributed by atoms with Crippen LogP contribution in [0.15, 0.2) is 29.3 Å². The minimum absolute atomic E-state index is 0. The van der Waals surface area contributed by atoms with Crippen LogP contribution in [-0.2, 0) is 4.79 Å². The Hall–Kier alpha value is -1.51. The van der Waals surface area contributed by atoms with Gasteiger partial charge >= 0.3 is 0 Å². The zero-order valence-electron chi connectivity index (χ0n) is 16.6. The van der Waals surface area contributed by atoms with E-state index < -0.39 is 0 Å². The van der Waals surface area contributed by atoms with Gasteiger partial charge in [-0.3, -0.25) is 9.79 Å². The lowest BCUT2D eigenvalue weighted by Gasteiger charge is -2.15. The predicted molar refractivity (Wildman–Crippen MR) is 121 cm³/mol. The van der Waals surface area contributed by atoms with Gasteiger partial charge in [0.05, 0.1) is 7.11 Å². The van der Waals surface area contributed by atoms with Gasteiger partial charge in [0.15, 0.2) is 5.96 Å². The number of nitrogens with one attached hydrogen (secondary N) is 3. The molecule has 152 valence electrons. The van der Waals surface area contributed by atoms with Crippen molar-refractivity contribution in [2.75, 3.05) is 27.2 Å². The summed E-state index contributed by atoms with van der Waals surface area (Å²) in [5, 5.41) is 9.61. The molecule has 0 spiro atoms. The SMILES string of the molecule is CN=C(NCCCC(=O)NC1CC1)NCCC(C)c1ccc(OC)cc1.I. The molecule has 7 heteroatoms. The number of halogens is 1. The van der Waals surface area contributed by atoms with E-state index in [0.29, 0.717) is 18.4 Å². The van der Waals surface area contributed by atoms with E-state index in [9.17, 15) is 4.79 Å². The zero-order valence-corrected chi connectivity index (χ0v) is 18.9. The number of guanidine groups is 1. The molecule has 0 radical (unpaired) electrons. The molecule has 0 aliphatic heterocycles. The quantitative estimate of drug-likeness (QED) is 0.205. The van der Waals surface area contributed by atoms with Crippen molar-refractivity contribution in [2.45, 2.75) is 51.0 Å². The zero-order chi connectivity index (χ0) is 18.8. The monoisotopic (exact) mass is 488 g/mol. The van der Waals surface area contributed by atoms with Gasteiger partial charge in [-0.15, -0.1) is 24.0 Å². The lowest BCUT2D eigenvalue weighted by Crippen LogP contribution is -2.38. The third-order valence-electron chi connectivity index (χ3n) is 4.59. The van der Waals surface area contributed by atoms with Gasteiger partial charge in [0, 0.05) is 32.6 Å². The van der Waals surface area contributed by atoms with Crippen LogP contribution in [0.1, 0.15) is 50.5 Å². The van der Waals surface area contributed by atoms with Crippen LogP contribution in [0.2, 0.25) is 0 Å². The molecule has 1 fully saturated rings. The van der Waals surface area contributed by atoms with Crippen LogP contribution >= 0.6 is 24.0 Å². The summed E-state index contributed by atoms with van der Waals surface area (Å²) in [6, 6.07) is 8.67. The van der Waals surface area contributed by atoms with E-state index in [4.69, 9.17) is 4.74 Å². The van der Waals surface area contributed by atoms with Crippen molar-refractivity contribution in [3.05, 3.63) is 29.8 Å². The van der Waals surface area contributed by atoms with Crippen LogP contribution < -0.4 is 20.7 Å². The third-order valence-corrected chi connectivity index (χ3v) is 4.59. The molecule has 1 atom stereocenters. The number of aliphatic imine (C=N–C) groups is 1. The average molecular weight is 488 g/mol. The van der Waals surface area contributed by atoms with Crippen molar-refractivity contribution in [1.82, 2.24) is 16.0 Å². The number of amides is 1. The Morgan fingerprint density at radius 1 is 1.22 bits per heavy atom. The van der Waals surface area contributed by atoms with Crippen molar-refractivity contribution in [3.63, 3.8) is 0 Å². The van der Waals surface area contributed by atoms with Crippen LogP contribution in [0.5, 0.6) is 5.75 Å². The molecular weight excluding hydrogens is 455 g/mol. The first kappa shape index (κ1) is 23.5. The number of benzene rings is 1. The maximum absolute atomic E-state index is 11.6. The van der Waals surface area contributed by atoms with Crippen LogP contribution in [0.3, 0.4) is 0 Å². The van der Waals surface area contributed by atoms with Crippen LogP contribution in [0, 0.1) is 0 Å². The van der Waals surface area contributed by atoms with E-state index in [1.165, 1.54) is 5.56 Å². The Kier molecular flexibility index (Phi) is 11.2. The molecule has 1 aliphatic carbocycles. The first-order valence-corrected chi connectivity index (χ1v) is 9.50. The summed E-state index contributed by atoms with van der Waals surface area (Å²) in [6.07, 6.45) is 4.65. The fraction of sp³-hybridized carbons (Fsp3) is 0.600. The Balaban J connectivity index is 0.00000364. The smallest absolute Gasteiger partial charge is 0.220 e. The fourth-order valence-corrected chi connectivity index (χ4v) is 2.71. The Morgan fingerprint density at radius 2 is 1.89 bits per heavy atom. The molecule has 27 heavy (non-hydrogen) atoms. The van der Waals surface area contributed by atoms with E-state index in [2.05, 4.69) is 40.0 Å². The number of hydrogen-bond donors (Lipinski definition) is 3. The number of nitrogens with zero attached hydrogens (tertiary/aromatic N) is 1. The summed E-state index contributed by atoms with van der Waals surface area (Å²) in [6.45, 7) is 3.80. The molecule has 1 amide bonds. The second-order valence-corrected chi connectivity index (χ2v) is 6.83. The molecule has 1 aromatic carbocycles. The largest absolute Gasteiger partial charge is 0.497 e. The standard InChI is InChI=1S/C20H32N4O2.HI/c1-15(16-6-10-18(26-3)11-7-16)12-14-23-20(21-2)22-13-4-5-19(25)24-17-8-9-17;/h6-7,10-11,15,17H,4-5,8-9,12-14H2,1-3H3,(H,24,25)(H2,21,22,23);1H. The number of carbonyl (C=O) groups is 1. The van der Waals surface area contributed by atoms with Gasteiger partial charge in [-0.25, -0.2) is 0 Å². The van der Waals surface area contributed by atoms with E-state index in [-0.39, 0.29) is 29.9 Å². The minimum Gasteiger partial charge on any atom is -0.497 e. The molecule has 0 saturated heterocycles.